The number of sulfonamides is 1. The number of amides is 1. The summed E-state index contributed by atoms with van der Waals surface area (Å²) in [5.41, 5.74) is 2.65. The van der Waals surface area contributed by atoms with Gasteiger partial charge in [0, 0.05) is 18.0 Å². The first-order chi connectivity index (χ1) is 14.2. The lowest BCUT2D eigenvalue weighted by atomic mass is 9.96. The number of rotatable bonds is 7. The zero-order valence-corrected chi connectivity index (χ0v) is 18.1. The minimum Gasteiger partial charge on any atom is -0.284 e. The molecule has 1 aliphatic rings. The number of nitrogens with zero attached hydrogens (tertiary/aromatic N) is 2. The molecule has 1 N–H and O–H groups in total. The third-order valence-electron chi connectivity index (χ3n) is 5.22. The van der Waals surface area contributed by atoms with Gasteiger partial charge in [0.1, 0.15) is 5.82 Å². The van der Waals surface area contributed by atoms with Crippen molar-refractivity contribution < 1.29 is 17.6 Å². The molecule has 1 atom stereocenters. The summed E-state index contributed by atoms with van der Waals surface area (Å²) in [6.45, 7) is 3.94. The summed E-state index contributed by atoms with van der Waals surface area (Å²) in [6.07, 6.45) is 2.97. The minimum atomic E-state index is -3.41. The number of benzene rings is 2. The Kier molecular flexibility index (Phi) is 6.55. The van der Waals surface area contributed by atoms with Gasteiger partial charge in [0.15, 0.2) is 0 Å². The predicted molar refractivity (Wildman–Crippen MR) is 116 cm³/mol. The van der Waals surface area contributed by atoms with Crippen molar-refractivity contribution >= 4 is 27.3 Å². The van der Waals surface area contributed by atoms with E-state index < -0.39 is 10.0 Å². The zero-order valence-electron chi connectivity index (χ0n) is 17.3. The molecule has 160 valence electrons. The van der Waals surface area contributed by atoms with E-state index in [4.69, 9.17) is 0 Å². The van der Waals surface area contributed by atoms with Crippen LogP contribution in [0.5, 0.6) is 0 Å². The van der Waals surface area contributed by atoms with Crippen molar-refractivity contribution in [1.82, 2.24) is 5.01 Å². The van der Waals surface area contributed by atoms with E-state index in [1.54, 1.807) is 30.3 Å². The van der Waals surface area contributed by atoms with Gasteiger partial charge in [-0.05, 0) is 48.2 Å². The van der Waals surface area contributed by atoms with Gasteiger partial charge in [-0.1, -0.05) is 38.1 Å². The SMILES string of the molecule is CCC(CC)C(=O)N1N=C(c2cccc(NS(C)(=O)=O)c2)C[C@@H]1c1ccc(F)cc1. The van der Waals surface area contributed by atoms with E-state index in [1.807, 2.05) is 19.9 Å². The Morgan fingerprint density at radius 3 is 2.47 bits per heavy atom. The highest BCUT2D eigenvalue weighted by Gasteiger charge is 2.35. The first-order valence-corrected chi connectivity index (χ1v) is 11.8. The average molecular weight is 432 g/mol. The van der Waals surface area contributed by atoms with Gasteiger partial charge in [-0.25, -0.2) is 17.8 Å². The molecular formula is C22H26FN3O3S. The molecule has 6 nitrogen and oxygen atoms in total. The van der Waals surface area contributed by atoms with E-state index in [1.165, 1.54) is 17.1 Å². The highest BCUT2D eigenvalue weighted by atomic mass is 32.2. The molecule has 1 heterocycles. The molecule has 30 heavy (non-hydrogen) atoms. The number of carbonyl (C=O) groups excluding carboxylic acids is 1. The van der Waals surface area contributed by atoms with Crippen LogP contribution in [-0.2, 0) is 14.8 Å². The summed E-state index contributed by atoms with van der Waals surface area (Å²) in [7, 11) is -3.41. The van der Waals surface area contributed by atoms with Gasteiger partial charge in [0.25, 0.3) is 0 Å². The minimum absolute atomic E-state index is 0.0604. The fraction of sp³-hybridized carbons (Fsp3) is 0.364. The topological polar surface area (TPSA) is 78.8 Å². The van der Waals surface area contributed by atoms with Crippen molar-refractivity contribution in [2.24, 2.45) is 11.0 Å². The molecule has 0 radical (unpaired) electrons. The van der Waals surface area contributed by atoms with Crippen LogP contribution in [-0.4, -0.2) is 31.3 Å². The van der Waals surface area contributed by atoms with Crippen LogP contribution in [0, 0.1) is 11.7 Å². The van der Waals surface area contributed by atoms with Crippen LogP contribution < -0.4 is 4.72 Å². The first-order valence-electron chi connectivity index (χ1n) is 9.96. The van der Waals surface area contributed by atoms with Crippen LogP contribution in [0.15, 0.2) is 53.6 Å². The molecule has 1 amide bonds. The van der Waals surface area contributed by atoms with Crippen LogP contribution in [0.4, 0.5) is 10.1 Å². The molecule has 2 aromatic carbocycles. The van der Waals surface area contributed by atoms with E-state index >= 15 is 0 Å². The molecule has 0 bridgehead atoms. The van der Waals surface area contributed by atoms with Crippen LogP contribution in [0.2, 0.25) is 0 Å². The van der Waals surface area contributed by atoms with E-state index in [0.717, 1.165) is 17.4 Å². The monoisotopic (exact) mass is 431 g/mol. The Bertz CT molecular complexity index is 1050. The molecule has 0 aromatic heterocycles. The van der Waals surface area contributed by atoms with Crippen molar-refractivity contribution in [3.8, 4) is 0 Å². The smallest absolute Gasteiger partial charge is 0.246 e. The summed E-state index contributed by atoms with van der Waals surface area (Å²) < 4.78 is 39.0. The van der Waals surface area contributed by atoms with Crippen molar-refractivity contribution in [2.75, 3.05) is 11.0 Å². The lowest BCUT2D eigenvalue weighted by molar-refractivity contribution is -0.137. The summed E-state index contributed by atoms with van der Waals surface area (Å²) >= 11 is 0. The molecule has 0 saturated heterocycles. The van der Waals surface area contributed by atoms with Crippen LogP contribution in [0.1, 0.15) is 50.3 Å². The molecule has 1 aliphatic heterocycles. The van der Waals surface area contributed by atoms with Crippen molar-refractivity contribution in [1.29, 1.82) is 0 Å². The van der Waals surface area contributed by atoms with Crippen LogP contribution in [0.3, 0.4) is 0 Å². The second kappa shape index (κ2) is 8.95. The van der Waals surface area contributed by atoms with Crippen molar-refractivity contribution in [3.05, 3.63) is 65.5 Å². The highest BCUT2D eigenvalue weighted by Crippen LogP contribution is 2.35. The van der Waals surface area contributed by atoms with Crippen molar-refractivity contribution in [3.63, 3.8) is 0 Å². The fourth-order valence-corrected chi connectivity index (χ4v) is 4.19. The molecule has 8 heteroatoms. The lowest BCUT2D eigenvalue weighted by Gasteiger charge is -2.25. The Labute approximate surface area is 176 Å². The maximum absolute atomic E-state index is 13.4. The highest BCUT2D eigenvalue weighted by molar-refractivity contribution is 7.92. The Morgan fingerprint density at radius 1 is 1.20 bits per heavy atom. The van der Waals surface area contributed by atoms with Gasteiger partial charge in [-0.3, -0.25) is 9.52 Å². The standard InChI is InChI=1S/C22H26FN3O3S/c1-4-15(5-2)22(27)26-21(16-9-11-18(23)12-10-16)14-20(24-26)17-7-6-8-19(13-17)25-30(3,28)29/h6-13,15,21,25H,4-5,14H2,1-3H3/t21-/m1/s1. The van der Waals surface area contributed by atoms with Gasteiger partial charge >= 0.3 is 0 Å². The normalized spacial score (nSPS) is 16.6. The van der Waals surface area contributed by atoms with Gasteiger partial charge in [-0.2, -0.15) is 5.10 Å². The maximum atomic E-state index is 13.4. The number of hydrogen-bond acceptors (Lipinski definition) is 4. The number of hydrogen-bond donors (Lipinski definition) is 1. The maximum Gasteiger partial charge on any atom is 0.246 e. The lowest BCUT2D eigenvalue weighted by Crippen LogP contribution is -2.32. The second-order valence-corrected chi connectivity index (χ2v) is 9.22. The number of halogens is 1. The molecule has 0 fully saturated rings. The molecule has 0 saturated carbocycles. The number of nitrogens with one attached hydrogen (secondary N) is 1. The third-order valence-corrected chi connectivity index (χ3v) is 5.83. The quantitative estimate of drug-likeness (QED) is 0.709. The molecule has 2 aromatic rings. The predicted octanol–water partition coefficient (Wildman–Crippen LogP) is 4.31. The molecule has 3 rings (SSSR count). The van der Waals surface area contributed by atoms with E-state index in [2.05, 4.69) is 9.82 Å². The molecular weight excluding hydrogens is 405 g/mol. The van der Waals surface area contributed by atoms with E-state index in [0.29, 0.717) is 30.7 Å². The molecule has 0 aliphatic carbocycles. The summed E-state index contributed by atoms with van der Waals surface area (Å²) in [5.74, 6) is -0.542. The van der Waals surface area contributed by atoms with Gasteiger partial charge in [0.2, 0.25) is 15.9 Å². The number of carbonyl (C=O) groups is 1. The van der Waals surface area contributed by atoms with Crippen LogP contribution in [0.25, 0.3) is 0 Å². The molecule has 0 unspecified atom stereocenters. The Hall–Kier alpha value is -2.74. The largest absolute Gasteiger partial charge is 0.284 e. The van der Waals surface area contributed by atoms with E-state index in [9.17, 15) is 17.6 Å². The second-order valence-electron chi connectivity index (χ2n) is 7.47. The van der Waals surface area contributed by atoms with Gasteiger partial charge < -0.3 is 0 Å². The Balaban J connectivity index is 1.97. The number of hydrazone groups is 1. The zero-order chi connectivity index (χ0) is 21.9. The van der Waals surface area contributed by atoms with Gasteiger partial charge in [0.05, 0.1) is 18.0 Å². The number of anilines is 1. The first kappa shape index (κ1) is 22.0. The summed E-state index contributed by atoms with van der Waals surface area (Å²) in [4.78, 5) is 13.1. The Morgan fingerprint density at radius 2 is 1.87 bits per heavy atom. The van der Waals surface area contributed by atoms with E-state index in [-0.39, 0.29) is 23.7 Å². The fourth-order valence-electron chi connectivity index (χ4n) is 3.63. The van der Waals surface area contributed by atoms with Gasteiger partial charge in [-0.15, -0.1) is 0 Å². The third kappa shape index (κ3) is 5.05. The average Bonchev–Trinajstić information content (AvgIpc) is 3.14. The van der Waals surface area contributed by atoms with Crippen LogP contribution >= 0.6 is 0 Å². The molecule has 0 spiro atoms. The summed E-state index contributed by atoms with van der Waals surface area (Å²) in [5, 5.41) is 6.13. The van der Waals surface area contributed by atoms with Crippen molar-refractivity contribution in [2.45, 2.75) is 39.2 Å². The summed E-state index contributed by atoms with van der Waals surface area (Å²) in [6, 6.07) is 12.7.